The Labute approximate surface area is 131 Å². The molecule has 0 aliphatic heterocycles. The first-order chi connectivity index (χ1) is 10.1. The van der Waals surface area contributed by atoms with Crippen LogP contribution in [0.3, 0.4) is 0 Å². The lowest BCUT2D eigenvalue weighted by atomic mass is 10.1. The maximum atomic E-state index is 12.3. The van der Waals surface area contributed by atoms with Crippen LogP contribution in [0.15, 0.2) is 65.1 Å². The van der Waals surface area contributed by atoms with Crippen LogP contribution < -0.4 is 4.74 Å². The molecule has 0 fully saturated rings. The first-order valence-corrected chi connectivity index (χ1v) is 7.40. The van der Waals surface area contributed by atoms with Crippen LogP contribution in [0.1, 0.15) is 15.9 Å². The Morgan fingerprint density at radius 1 is 1.00 bits per heavy atom. The standard InChI is InChI=1S/C18H13BrO2/c1-12-9-10-15(16(19)11-12)18(20)21-17-8-4-6-13-5-2-3-7-14(13)17/h2-11H,1H3. The van der Waals surface area contributed by atoms with Crippen molar-refractivity contribution in [3.63, 3.8) is 0 Å². The van der Waals surface area contributed by atoms with Crippen LogP contribution in [-0.2, 0) is 0 Å². The lowest BCUT2D eigenvalue weighted by molar-refractivity contribution is 0.0736. The third-order valence-corrected chi connectivity index (χ3v) is 3.95. The van der Waals surface area contributed by atoms with E-state index >= 15 is 0 Å². The predicted octanol–water partition coefficient (Wildman–Crippen LogP) is 5.13. The Kier molecular flexibility index (Phi) is 3.76. The number of halogens is 1. The number of fused-ring (bicyclic) bond motifs is 1. The highest BCUT2D eigenvalue weighted by atomic mass is 79.9. The van der Waals surface area contributed by atoms with E-state index in [4.69, 9.17) is 4.74 Å². The van der Waals surface area contributed by atoms with Gasteiger partial charge in [-0.25, -0.2) is 4.79 Å². The molecular formula is C18H13BrO2. The maximum absolute atomic E-state index is 12.3. The van der Waals surface area contributed by atoms with E-state index in [1.807, 2.05) is 61.5 Å². The molecule has 0 spiro atoms. The number of carbonyl (C=O) groups excluding carboxylic acids is 1. The zero-order chi connectivity index (χ0) is 14.8. The van der Waals surface area contributed by atoms with Crippen molar-refractivity contribution in [3.05, 3.63) is 76.3 Å². The summed E-state index contributed by atoms with van der Waals surface area (Å²) in [5, 5.41) is 1.97. The summed E-state index contributed by atoms with van der Waals surface area (Å²) in [5.41, 5.74) is 1.61. The van der Waals surface area contributed by atoms with Gasteiger partial charge >= 0.3 is 5.97 Å². The first-order valence-electron chi connectivity index (χ1n) is 6.61. The molecule has 0 aromatic heterocycles. The minimum absolute atomic E-state index is 0.363. The second kappa shape index (κ2) is 5.70. The largest absolute Gasteiger partial charge is 0.422 e. The molecule has 0 bridgehead atoms. The molecule has 3 rings (SSSR count). The van der Waals surface area contributed by atoms with Crippen LogP contribution in [0.5, 0.6) is 5.75 Å². The minimum atomic E-state index is -0.363. The van der Waals surface area contributed by atoms with Gasteiger partial charge in [-0.2, -0.15) is 0 Å². The zero-order valence-electron chi connectivity index (χ0n) is 11.5. The number of esters is 1. The number of aryl methyl sites for hydroxylation is 1. The molecule has 3 aromatic carbocycles. The van der Waals surface area contributed by atoms with Crippen molar-refractivity contribution in [2.75, 3.05) is 0 Å². The molecule has 0 unspecified atom stereocenters. The second-order valence-corrected chi connectivity index (χ2v) is 5.70. The van der Waals surface area contributed by atoms with Gasteiger partial charge in [-0.1, -0.05) is 42.5 Å². The lowest BCUT2D eigenvalue weighted by Crippen LogP contribution is -2.09. The van der Waals surface area contributed by atoms with Gasteiger partial charge in [0.05, 0.1) is 5.56 Å². The molecule has 104 valence electrons. The number of carbonyl (C=O) groups is 1. The minimum Gasteiger partial charge on any atom is -0.422 e. The first kappa shape index (κ1) is 13.8. The molecule has 0 heterocycles. The van der Waals surface area contributed by atoms with Crippen LogP contribution in [0.2, 0.25) is 0 Å². The van der Waals surface area contributed by atoms with E-state index in [9.17, 15) is 4.79 Å². The predicted molar refractivity (Wildman–Crippen MR) is 87.8 cm³/mol. The van der Waals surface area contributed by atoms with Crippen molar-refractivity contribution in [2.24, 2.45) is 0 Å². The fraction of sp³-hybridized carbons (Fsp3) is 0.0556. The summed E-state index contributed by atoms with van der Waals surface area (Å²) in [6.07, 6.45) is 0. The van der Waals surface area contributed by atoms with Crippen LogP contribution in [0, 0.1) is 6.92 Å². The summed E-state index contributed by atoms with van der Waals surface area (Å²) < 4.78 is 6.31. The highest BCUT2D eigenvalue weighted by Gasteiger charge is 2.13. The summed E-state index contributed by atoms with van der Waals surface area (Å²) in [7, 11) is 0. The Bertz CT molecular complexity index is 819. The third kappa shape index (κ3) is 2.83. The van der Waals surface area contributed by atoms with Crippen LogP contribution in [-0.4, -0.2) is 5.97 Å². The van der Waals surface area contributed by atoms with Crippen LogP contribution in [0.4, 0.5) is 0 Å². The van der Waals surface area contributed by atoms with Crippen molar-refractivity contribution in [1.29, 1.82) is 0 Å². The number of benzene rings is 3. The third-order valence-electron chi connectivity index (χ3n) is 3.30. The molecule has 0 N–H and O–H groups in total. The topological polar surface area (TPSA) is 26.3 Å². The molecule has 3 heteroatoms. The molecule has 0 aliphatic rings. The second-order valence-electron chi connectivity index (χ2n) is 4.85. The Morgan fingerprint density at radius 3 is 2.57 bits per heavy atom. The van der Waals surface area contributed by atoms with Crippen LogP contribution >= 0.6 is 15.9 Å². The quantitative estimate of drug-likeness (QED) is 0.477. The molecule has 0 saturated carbocycles. The monoisotopic (exact) mass is 340 g/mol. The van der Waals surface area contributed by atoms with Gasteiger partial charge in [0, 0.05) is 9.86 Å². The molecule has 0 atom stereocenters. The molecular weight excluding hydrogens is 328 g/mol. The van der Waals surface area contributed by atoms with Crippen molar-refractivity contribution in [3.8, 4) is 5.75 Å². The molecule has 0 amide bonds. The Hall–Kier alpha value is -2.13. The van der Waals surface area contributed by atoms with E-state index in [0.717, 1.165) is 20.8 Å². The zero-order valence-corrected chi connectivity index (χ0v) is 13.1. The van der Waals surface area contributed by atoms with Gasteiger partial charge in [-0.05, 0) is 52.0 Å². The number of hydrogen-bond acceptors (Lipinski definition) is 2. The van der Waals surface area contributed by atoms with Gasteiger partial charge in [-0.3, -0.25) is 0 Å². The average Bonchev–Trinajstić information content (AvgIpc) is 2.47. The fourth-order valence-electron chi connectivity index (χ4n) is 2.23. The van der Waals surface area contributed by atoms with Gasteiger partial charge in [-0.15, -0.1) is 0 Å². The SMILES string of the molecule is Cc1ccc(C(=O)Oc2cccc3ccccc23)c(Br)c1. The molecule has 0 saturated heterocycles. The van der Waals surface area contributed by atoms with Crippen LogP contribution in [0.25, 0.3) is 10.8 Å². The van der Waals surface area contributed by atoms with E-state index in [1.54, 1.807) is 6.07 Å². The highest BCUT2D eigenvalue weighted by Crippen LogP contribution is 2.27. The number of ether oxygens (including phenoxy) is 1. The maximum Gasteiger partial charge on any atom is 0.344 e. The van der Waals surface area contributed by atoms with Gasteiger partial charge in [0.15, 0.2) is 0 Å². The van der Waals surface area contributed by atoms with Gasteiger partial charge in [0.1, 0.15) is 5.75 Å². The van der Waals surface area contributed by atoms with E-state index in [2.05, 4.69) is 15.9 Å². The van der Waals surface area contributed by atoms with Gasteiger partial charge < -0.3 is 4.74 Å². The van der Waals surface area contributed by atoms with E-state index in [1.165, 1.54) is 0 Å². The molecule has 0 radical (unpaired) electrons. The molecule has 0 aliphatic carbocycles. The fourth-order valence-corrected chi connectivity index (χ4v) is 2.88. The molecule has 3 aromatic rings. The van der Waals surface area contributed by atoms with E-state index in [-0.39, 0.29) is 5.97 Å². The summed E-state index contributed by atoms with van der Waals surface area (Å²) in [4.78, 5) is 12.3. The molecule has 21 heavy (non-hydrogen) atoms. The van der Waals surface area contributed by atoms with E-state index < -0.39 is 0 Å². The number of rotatable bonds is 2. The summed E-state index contributed by atoms with van der Waals surface area (Å²) in [6.45, 7) is 1.98. The molecule has 2 nitrogen and oxygen atoms in total. The Balaban J connectivity index is 1.97. The average molecular weight is 341 g/mol. The van der Waals surface area contributed by atoms with Crippen molar-refractivity contribution in [1.82, 2.24) is 0 Å². The highest BCUT2D eigenvalue weighted by molar-refractivity contribution is 9.10. The number of hydrogen-bond donors (Lipinski definition) is 0. The normalized spacial score (nSPS) is 10.6. The lowest BCUT2D eigenvalue weighted by Gasteiger charge is -2.09. The Morgan fingerprint density at radius 2 is 1.76 bits per heavy atom. The van der Waals surface area contributed by atoms with Gasteiger partial charge in [0.25, 0.3) is 0 Å². The summed E-state index contributed by atoms with van der Waals surface area (Å²) in [5.74, 6) is 0.212. The smallest absolute Gasteiger partial charge is 0.344 e. The summed E-state index contributed by atoms with van der Waals surface area (Å²) in [6, 6.07) is 19.1. The van der Waals surface area contributed by atoms with Crippen molar-refractivity contribution in [2.45, 2.75) is 6.92 Å². The van der Waals surface area contributed by atoms with Gasteiger partial charge in [0.2, 0.25) is 0 Å². The summed E-state index contributed by atoms with van der Waals surface area (Å²) >= 11 is 3.41. The van der Waals surface area contributed by atoms with Crippen molar-refractivity contribution < 1.29 is 9.53 Å². The van der Waals surface area contributed by atoms with E-state index in [0.29, 0.717) is 11.3 Å². The van der Waals surface area contributed by atoms with Crippen molar-refractivity contribution >= 4 is 32.7 Å².